The average molecular weight is 440 g/mol. The number of carbonyl (C=O) groups excluding carboxylic acids is 1. The van der Waals surface area contributed by atoms with Crippen molar-refractivity contribution in [2.75, 3.05) is 11.1 Å². The van der Waals surface area contributed by atoms with Crippen molar-refractivity contribution in [2.45, 2.75) is 6.92 Å². The van der Waals surface area contributed by atoms with Gasteiger partial charge >= 0.3 is 0 Å². The summed E-state index contributed by atoms with van der Waals surface area (Å²) in [4.78, 5) is 15.5. The van der Waals surface area contributed by atoms with Crippen LogP contribution in [-0.4, -0.2) is 31.1 Å². The topological polar surface area (TPSA) is 112 Å². The number of carbonyl (C=O) groups is 1. The molecule has 0 spiro atoms. The van der Waals surface area contributed by atoms with Crippen molar-refractivity contribution in [3.63, 3.8) is 0 Å². The van der Waals surface area contributed by atoms with Gasteiger partial charge in [0.25, 0.3) is 0 Å². The first kappa shape index (κ1) is 19.8. The van der Waals surface area contributed by atoms with Crippen LogP contribution in [0.25, 0.3) is 28.2 Å². The summed E-state index contributed by atoms with van der Waals surface area (Å²) in [6.07, 6.45) is 1.66. The molecule has 1 amide bonds. The minimum atomic E-state index is -0.132. The molecule has 0 unspecified atom stereocenters. The summed E-state index contributed by atoms with van der Waals surface area (Å²) in [5.41, 5.74) is 9.68. The van der Waals surface area contributed by atoms with Crippen LogP contribution < -0.4 is 11.1 Å². The number of halogens is 2. The van der Waals surface area contributed by atoms with E-state index >= 15 is 0 Å². The molecular formula is C20H15Cl2N7O. The molecular weight excluding hydrogens is 425 g/mol. The molecule has 30 heavy (non-hydrogen) atoms. The summed E-state index contributed by atoms with van der Waals surface area (Å²) >= 11 is 12.2. The fraction of sp³-hybridized carbons (Fsp3) is 0.0500. The quantitative estimate of drug-likeness (QED) is 0.491. The van der Waals surface area contributed by atoms with Gasteiger partial charge in [-0.2, -0.15) is 4.68 Å². The van der Waals surface area contributed by atoms with Crippen LogP contribution in [0.3, 0.4) is 0 Å². The fourth-order valence-corrected chi connectivity index (χ4v) is 3.47. The number of hydrogen-bond acceptors (Lipinski definition) is 6. The molecule has 0 saturated heterocycles. The summed E-state index contributed by atoms with van der Waals surface area (Å²) in [6, 6.07) is 14.2. The van der Waals surface area contributed by atoms with E-state index in [2.05, 4.69) is 25.8 Å². The maximum atomic E-state index is 11.2. The van der Waals surface area contributed by atoms with Crippen LogP contribution in [0.4, 0.5) is 11.5 Å². The molecule has 0 bridgehead atoms. The minimum absolute atomic E-state index is 0.132. The number of nitrogens with two attached hydrogens (primary N) is 1. The Balaban J connectivity index is 1.75. The third kappa shape index (κ3) is 4.10. The van der Waals surface area contributed by atoms with E-state index in [9.17, 15) is 4.79 Å². The Morgan fingerprint density at radius 3 is 2.40 bits per heavy atom. The summed E-state index contributed by atoms with van der Waals surface area (Å²) < 4.78 is 1.49. The molecule has 0 radical (unpaired) electrons. The van der Waals surface area contributed by atoms with Gasteiger partial charge in [-0.05, 0) is 52.4 Å². The Kier molecular flexibility index (Phi) is 5.35. The molecule has 2 aromatic heterocycles. The van der Waals surface area contributed by atoms with Gasteiger partial charge in [0.15, 0.2) is 5.82 Å². The smallest absolute Gasteiger partial charge is 0.221 e. The molecule has 4 aromatic rings. The molecule has 8 nitrogen and oxygen atoms in total. The van der Waals surface area contributed by atoms with Crippen molar-refractivity contribution >= 4 is 40.6 Å². The summed E-state index contributed by atoms with van der Waals surface area (Å²) in [7, 11) is 0. The van der Waals surface area contributed by atoms with Crippen LogP contribution in [0.1, 0.15) is 6.92 Å². The Labute approximate surface area is 181 Å². The largest absolute Gasteiger partial charge is 0.383 e. The van der Waals surface area contributed by atoms with Crippen molar-refractivity contribution < 1.29 is 4.79 Å². The number of tetrazole rings is 1. The van der Waals surface area contributed by atoms with Gasteiger partial charge in [0, 0.05) is 34.4 Å². The molecule has 2 aromatic carbocycles. The van der Waals surface area contributed by atoms with E-state index in [1.807, 2.05) is 30.3 Å². The molecule has 0 aliphatic carbocycles. The number of rotatable bonds is 4. The maximum absolute atomic E-state index is 11.2. The second-order valence-corrected chi connectivity index (χ2v) is 7.33. The lowest BCUT2D eigenvalue weighted by Crippen LogP contribution is -2.05. The lowest BCUT2D eigenvalue weighted by molar-refractivity contribution is -0.114. The van der Waals surface area contributed by atoms with Crippen molar-refractivity contribution in [1.29, 1.82) is 0 Å². The van der Waals surface area contributed by atoms with Gasteiger partial charge in [-0.15, -0.1) is 5.10 Å². The van der Waals surface area contributed by atoms with Gasteiger partial charge in [0.05, 0.1) is 11.3 Å². The third-order valence-electron chi connectivity index (χ3n) is 4.26. The van der Waals surface area contributed by atoms with E-state index in [4.69, 9.17) is 28.9 Å². The first-order valence-electron chi connectivity index (χ1n) is 8.79. The molecule has 2 heterocycles. The Hall–Kier alpha value is -3.49. The van der Waals surface area contributed by atoms with Gasteiger partial charge < -0.3 is 11.1 Å². The van der Waals surface area contributed by atoms with E-state index in [1.54, 1.807) is 24.4 Å². The molecule has 0 aliphatic heterocycles. The second-order valence-electron chi connectivity index (χ2n) is 6.46. The van der Waals surface area contributed by atoms with Crippen molar-refractivity contribution in [2.24, 2.45) is 0 Å². The minimum Gasteiger partial charge on any atom is -0.383 e. The number of nitrogens with zero attached hydrogens (tertiary/aromatic N) is 5. The van der Waals surface area contributed by atoms with Crippen LogP contribution in [0.15, 0.2) is 54.7 Å². The van der Waals surface area contributed by atoms with Crippen LogP contribution in [0.5, 0.6) is 0 Å². The summed E-state index contributed by atoms with van der Waals surface area (Å²) in [5, 5.41) is 15.6. The fourth-order valence-electron chi connectivity index (χ4n) is 2.95. The predicted octanol–water partition coefficient (Wildman–Crippen LogP) is 4.24. The number of pyridine rings is 1. The number of nitrogens with one attached hydrogen (secondary N) is 1. The molecule has 10 heteroatoms. The average Bonchev–Trinajstić information content (AvgIpc) is 3.17. The van der Waals surface area contributed by atoms with E-state index in [0.717, 1.165) is 11.1 Å². The monoisotopic (exact) mass is 439 g/mol. The van der Waals surface area contributed by atoms with Crippen LogP contribution in [0.2, 0.25) is 10.0 Å². The molecule has 0 saturated carbocycles. The van der Waals surface area contributed by atoms with E-state index in [0.29, 0.717) is 32.8 Å². The predicted molar refractivity (Wildman–Crippen MR) is 117 cm³/mol. The lowest BCUT2D eigenvalue weighted by atomic mass is 10.0. The Bertz CT molecular complexity index is 1220. The normalized spacial score (nSPS) is 10.8. The summed E-state index contributed by atoms with van der Waals surface area (Å²) in [6.45, 7) is 1.46. The van der Waals surface area contributed by atoms with Crippen molar-refractivity contribution in [3.8, 4) is 28.2 Å². The van der Waals surface area contributed by atoms with Gasteiger partial charge in [-0.1, -0.05) is 35.3 Å². The van der Waals surface area contributed by atoms with Crippen LogP contribution in [0, 0.1) is 0 Å². The highest BCUT2D eigenvalue weighted by molar-refractivity contribution is 6.34. The zero-order chi connectivity index (χ0) is 21.3. The molecule has 0 aliphatic rings. The number of aromatic nitrogens is 5. The SMILES string of the molecule is CC(=O)Nc1ccc(-c2cnc(N)c(-c3nnnn3-c3cc(Cl)cc(Cl)c3)c2)cc1. The summed E-state index contributed by atoms with van der Waals surface area (Å²) in [5.74, 6) is 0.542. The van der Waals surface area contributed by atoms with Crippen molar-refractivity contribution in [3.05, 3.63) is 64.8 Å². The number of benzene rings is 2. The molecule has 0 fully saturated rings. The molecule has 4 rings (SSSR count). The van der Waals surface area contributed by atoms with Crippen LogP contribution in [-0.2, 0) is 4.79 Å². The van der Waals surface area contributed by atoms with Gasteiger partial charge in [-0.3, -0.25) is 4.79 Å². The first-order valence-corrected chi connectivity index (χ1v) is 9.55. The standard InChI is InChI=1S/C20H15Cl2N7O/c1-11(30)25-16-4-2-12(3-5-16)13-6-18(19(23)24-10-13)20-26-27-28-29(20)17-8-14(21)7-15(22)9-17/h2-10H,1H3,(H2,23,24)(H,25,30). The molecule has 0 atom stereocenters. The first-order chi connectivity index (χ1) is 14.4. The van der Waals surface area contributed by atoms with Gasteiger partial charge in [0.1, 0.15) is 5.82 Å². The van der Waals surface area contributed by atoms with Crippen LogP contribution >= 0.6 is 23.2 Å². The zero-order valence-electron chi connectivity index (χ0n) is 15.7. The van der Waals surface area contributed by atoms with E-state index in [-0.39, 0.29) is 11.7 Å². The maximum Gasteiger partial charge on any atom is 0.221 e. The highest BCUT2D eigenvalue weighted by Gasteiger charge is 2.16. The number of amides is 1. The van der Waals surface area contributed by atoms with Gasteiger partial charge in [-0.25, -0.2) is 4.98 Å². The number of nitrogen functional groups attached to an aromatic ring is 1. The molecule has 150 valence electrons. The molecule has 3 N–H and O–H groups in total. The van der Waals surface area contributed by atoms with Gasteiger partial charge in [0.2, 0.25) is 5.91 Å². The van der Waals surface area contributed by atoms with E-state index in [1.165, 1.54) is 11.6 Å². The highest BCUT2D eigenvalue weighted by Crippen LogP contribution is 2.31. The Morgan fingerprint density at radius 1 is 1.03 bits per heavy atom. The van der Waals surface area contributed by atoms with Crippen molar-refractivity contribution in [1.82, 2.24) is 25.2 Å². The lowest BCUT2D eigenvalue weighted by Gasteiger charge is -2.10. The Morgan fingerprint density at radius 2 is 1.73 bits per heavy atom. The number of hydrogen-bond donors (Lipinski definition) is 2. The van der Waals surface area contributed by atoms with E-state index < -0.39 is 0 Å². The zero-order valence-corrected chi connectivity index (χ0v) is 17.2. The second kappa shape index (κ2) is 8.10. The highest BCUT2D eigenvalue weighted by atomic mass is 35.5. The number of anilines is 2. The third-order valence-corrected chi connectivity index (χ3v) is 4.70.